The van der Waals surface area contributed by atoms with Gasteiger partial charge in [0.1, 0.15) is 0 Å². The normalized spacial score (nSPS) is 11.3. The molecule has 4 heteroatoms. The molecule has 48 heavy (non-hydrogen) atoms. The molecule has 0 aliphatic heterocycles. The Balaban J connectivity index is 1.14. The SMILES string of the molecule is [C-]#[N+]c1cccc(-c2ccc(-c3ccc(-n4c5ccccc5c5cccc([N+]#[C-])c54)cc3)cc2)c1-n1c2ccccc2c2ccccc21. The molecule has 0 spiro atoms. The van der Waals surface area contributed by atoms with Crippen LogP contribution < -0.4 is 0 Å². The molecule has 0 aliphatic rings. The molecule has 0 aliphatic carbocycles. The van der Waals surface area contributed by atoms with Crippen LogP contribution in [-0.4, -0.2) is 9.13 Å². The predicted molar refractivity (Wildman–Crippen MR) is 199 cm³/mol. The van der Waals surface area contributed by atoms with E-state index in [1.807, 2.05) is 36.4 Å². The number of para-hydroxylation sites is 5. The van der Waals surface area contributed by atoms with E-state index < -0.39 is 0 Å². The van der Waals surface area contributed by atoms with E-state index in [0.717, 1.165) is 66.5 Å². The molecular formula is C44H26N4. The first kappa shape index (κ1) is 27.4. The summed E-state index contributed by atoms with van der Waals surface area (Å²) < 4.78 is 4.44. The fraction of sp³-hybridized carbons (Fsp3) is 0. The lowest BCUT2D eigenvalue weighted by atomic mass is 9.98. The molecule has 0 fully saturated rings. The van der Waals surface area contributed by atoms with Gasteiger partial charge in [0, 0.05) is 21.8 Å². The van der Waals surface area contributed by atoms with Crippen molar-refractivity contribution < 1.29 is 0 Å². The Kier molecular flexibility index (Phi) is 6.22. The minimum Gasteiger partial charge on any atom is -0.319 e. The third-order valence-electron chi connectivity index (χ3n) is 9.39. The van der Waals surface area contributed by atoms with Crippen LogP contribution in [0.15, 0.2) is 158 Å². The van der Waals surface area contributed by atoms with Crippen molar-refractivity contribution in [3.8, 4) is 33.6 Å². The third kappa shape index (κ3) is 4.07. The van der Waals surface area contributed by atoms with Gasteiger partial charge in [0.2, 0.25) is 11.4 Å². The molecule has 222 valence electrons. The van der Waals surface area contributed by atoms with Gasteiger partial charge in [0.05, 0.1) is 40.9 Å². The molecule has 7 aromatic carbocycles. The second kappa shape index (κ2) is 10.9. The summed E-state index contributed by atoms with van der Waals surface area (Å²) in [7, 11) is 0. The van der Waals surface area contributed by atoms with Crippen LogP contribution in [-0.2, 0) is 0 Å². The molecule has 0 radical (unpaired) electrons. The second-order valence-electron chi connectivity index (χ2n) is 11.9. The van der Waals surface area contributed by atoms with Crippen molar-refractivity contribution >= 4 is 55.0 Å². The van der Waals surface area contributed by atoms with Crippen LogP contribution in [0.25, 0.3) is 86.9 Å². The van der Waals surface area contributed by atoms with Crippen LogP contribution in [0.4, 0.5) is 11.4 Å². The van der Waals surface area contributed by atoms with Gasteiger partial charge < -0.3 is 9.13 Å². The van der Waals surface area contributed by atoms with E-state index in [1.165, 1.54) is 10.8 Å². The zero-order valence-corrected chi connectivity index (χ0v) is 25.8. The molecule has 0 atom stereocenters. The molecule has 0 bridgehead atoms. The highest BCUT2D eigenvalue weighted by Gasteiger charge is 2.19. The van der Waals surface area contributed by atoms with E-state index in [-0.39, 0.29) is 0 Å². The molecule has 9 aromatic rings. The van der Waals surface area contributed by atoms with Crippen molar-refractivity contribution in [2.45, 2.75) is 0 Å². The molecule has 0 amide bonds. The average Bonchev–Trinajstić information content (AvgIpc) is 3.68. The zero-order valence-electron chi connectivity index (χ0n) is 25.8. The van der Waals surface area contributed by atoms with Crippen LogP contribution in [0.2, 0.25) is 0 Å². The monoisotopic (exact) mass is 610 g/mol. The Hall–Kier alpha value is -6.88. The number of nitrogens with zero attached hydrogens (tertiary/aromatic N) is 4. The van der Waals surface area contributed by atoms with E-state index in [2.05, 4.69) is 140 Å². The predicted octanol–water partition coefficient (Wildman–Crippen LogP) is 12.3. The fourth-order valence-electron chi connectivity index (χ4n) is 7.26. The Morgan fingerprint density at radius 2 is 0.833 bits per heavy atom. The Labute approximate surface area is 277 Å². The summed E-state index contributed by atoms with van der Waals surface area (Å²) in [6.45, 7) is 15.9. The lowest BCUT2D eigenvalue weighted by molar-refractivity contribution is 1.18. The molecule has 9 rings (SSSR count). The smallest absolute Gasteiger partial charge is 0.211 e. The van der Waals surface area contributed by atoms with Gasteiger partial charge >= 0.3 is 0 Å². The van der Waals surface area contributed by atoms with Gasteiger partial charge in [-0.05, 0) is 58.0 Å². The van der Waals surface area contributed by atoms with Gasteiger partial charge in [0.25, 0.3) is 0 Å². The van der Waals surface area contributed by atoms with Gasteiger partial charge in [0.15, 0.2) is 0 Å². The molecule has 0 N–H and O–H groups in total. The fourth-order valence-corrected chi connectivity index (χ4v) is 7.26. The third-order valence-corrected chi connectivity index (χ3v) is 9.39. The van der Waals surface area contributed by atoms with Crippen LogP contribution >= 0.6 is 0 Å². The lowest BCUT2D eigenvalue weighted by Crippen LogP contribution is -1.97. The van der Waals surface area contributed by atoms with E-state index in [1.54, 1.807) is 0 Å². The first-order chi connectivity index (χ1) is 23.7. The van der Waals surface area contributed by atoms with Crippen molar-refractivity contribution in [3.63, 3.8) is 0 Å². The van der Waals surface area contributed by atoms with Crippen molar-refractivity contribution in [1.29, 1.82) is 0 Å². The van der Waals surface area contributed by atoms with Gasteiger partial charge in [-0.2, -0.15) is 0 Å². The molecule has 2 heterocycles. The summed E-state index contributed by atoms with van der Waals surface area (Å²) in [6.07, 6.45) is 0. The van der Waals surface area contributed by atoms with Gasteiger partial charge in [-0.15, -0.1) is 0 Å². The molecule has 0 saturated heterocycles. The highest BCUT2D eigenvalue weighted by atomic mass is 15.0. The number of rotatable bonds is 4. The largest absolute Gasteiger partial charge is 0.319 e. The first-order valence-electron chi connectivity index (χ1n) is 15.8. The minimum atomic E-state index is 0.616. The molecule has 0 unspecified atom stereocenters. The van der Waals surface area contributed by atoms with Crippen LogP contribution in [0.5, 0.6) is 0 Å². The first-order valence-corrected chi connectivity index (χ1v) is 15.8. The van der Waals surface area contributed by atoms with Crippen LogP contribution in [0.1, 0.15) is 0 Å². The second-order valence-corrected chi connectivity index (χ2v) is 11.9. The minimum absolute atomic E-state index is 0.616. The van der Waals surface area contributed by atoms with Gasteiger partial charge in [-0.3, -0.25) is 0 Å². The molecular weight excluding hydrogens is 585 g/mol. The maximum Gasteiger partial charge on any atom is 0.211 e. The van der Waals surface area contributed by atoms with E-state index in [9.17, 15) is 0 Å². The number of aromatic nitrogens is 2. The van der Waals surface area contributed by atoms with Crippen molar-refractivity contribution in [2.24, 2.45) is 0 Å². The van der Waals surface area contributed by atoms with Gasteiger partial charge in [-0.1, -0.05) is 127 Å². The zero-order chi connectivity index (χ0) is 32.2. The lowest BCUT2D eigenvalue weighted by Gasteiger charge is -2.16. The van der Waals surface area contributed by atoms with Crippen molar-refractivity contribution in [3.05, 3.63) is 181 Å². The van der Waals surface area contributed by atoms with E-state index in [0.29, 0.717) is 11.4 Å². The van der Waals surface area contributed by atoms with Crippen molar-refractivity contribution in [2.75, 3.05) is 0 Å². The molecule has 4 nitrogen and oxygen atoms in total. The average molecular weight is 611 g/mol. The summed E-state index contributed by atoms with van der Waals surface area (Å²) in [5.74, 6) is 0. The van der Waals surface area contributed by atoms with E-state index >= 15 is 0 Å². The quantitative estimate of drug-likeness (QED) is 0.177. The van der Waals surface area contributed by atoms with E-state index in [4.69, 9.17) is 13.1 Å². The van der Waals surface area contributed by atoms with Gasteiger partial charge in [-0.25, -0.2) is 9.69 Å². The Morgan fingerprint density at radius 1 is 0.375 bits per heavy atom. The maximum absolute atomic E-state index is 8.09. The van der Waals surface area contributed by atoms with Crippen LogP contribution in [0, 0.1) is 13.1 Å². The number of hydrogen-bond donors (Lipinski definition) is 0. The Morgan fingerprint density at radius 3 is 1.44 bits per heavy atom. The summed E-state index contributed by atoms with van der Waals surface area (Å²) in [5, 5.41) is 4.56. The standard InChI is InChI=1S/C44H26N4/c1-45-38-16-9-14-33(43(38)48-41-19-7-3-11-34(41)35-12-4-8-20-42(35)48)31-23-21-29(22-24-31)30-25-27-32(28-26-30)47-40-18-6-5-13-36(40)37-15-10-17-39(46-2)44(37)47/h3-28H. The van der Waals surface area contributed by atoms with Crippen LogP contribution in [0.3, 0.4) is 0 Å². The maximum atomic E-state index is 8.09. The summed E-state index contributed by atoms with van der Waals surface area (Å²) in [4.78, 5) is 7.83. The number of benzene rings is 7. The molecule has 2 aromatic heterocycles. The Bertz CT molecular complexity index is 2730. The molecule has 0 saturated carbocycles. The van der Waals surface area contributed by atoms with Crippen molar-refractivity contribution in [1.82, 2.24) is 9.13 Å². The number of hydrogen-bond acceptors (Lipinski definition) is 0. The summed E-state index contributed by atoms with van der Waals surface area (Å²) in [5.41, 5.74) is 11.6. The highest BCUT2D eigenvalue weighted by molar-refractivity contribution is 6.13. The summed E-state index contributed by atoms with van der Waals surface area (Å²) in [6, 6.07) is 54.3. The highest BCUT2D eigenvalue weighted by Crippen LogP contribution is 2.42. The summed E-state index contributed by atoms with van der Waals surface area (Å²) >= 11 is 0. The number of fused-ring (bicyclic) bond motifs is 6. The topological polar surface area (TPSA) is 18.6 Å².